The van der Waals surface area contributed by atoms with Crippen LogP contribution < -0.4 is 5.32 Å². The molecule has 21 N–H and O–H groups in total. The van der Waals surface area contributed by atoms with E-state index in [9.17, 15) is 121 Å². The van der Waals surface area contributed by atoms with E-state index in [0.29, 0.717) is 64.3 Å². The third kappa shape index (κ3) is 24.7. The number of Topliss-reactive ketones (excluding diaryl/α,β-unsaturated/α-hetero) is 3. The molecule has 98 heavy (non-hydrogen) atoms. The lowest BCUT2D eigenvalue weighted by molar-refractivity contribution is -0.366. The SMILES string of the molecule is CCCC(=O)CCCCCC(=O)CCCO[C@@H]1O[C@H](CO[C@H]2O[C@H](CO)[C@@H](O)[C@H](O)[C@@H]2O)[C@@H](O)[C@H](O[C@H]2O[C@H](CO)[C@@H](O)[C@H](O)[C@@H]2O)[C@@H]1O.CCNC(=O)CCCCCC(=O)CCCO[C@@H]1O[C@H](CO[C@H]2O[C@H](CO)[C@@H](O)[C@H](O)[C@@H]2O)[C@@H](O)[C@H](O[C@H]2O[C@H](CO)[C@@H](O)[C@H](O)[C@@H]2O)[C@@H]1O. The van der Waals surface area contributed by atoms with Crippen LogP contribution in [0, 0.1) is 0 Å². The molecule has 37 heteroatoms. The second-order valence-corrected chi connectivity index (χ2v) is 25.1. The average molecular weight is 1430 g/mol. The summed E-state index contributed by atoms with van der Waals surface area (Å²) in [7, 11) is 0. The van der Waals surface area contributed by atoms with Crippen LogP contribution in [0.4, 0.5) is 0 Å². The minimum Gasteiger partial charge on any atom is -0.394 e. The molecule has 6 rings (SSSR count). The minimum atomic E-state index is -1.87. The van der Waals surface area contributed by atoms with E-state index < -0.39 is 224 Å². The lowest BCUT2D eigenvalue weighted by Gasteiger charge is -2.46. The molecule has 0 unspecified atom stereocenters. The molecule has 0 aliphatic carbocycles. The van der Waals surface area contributed by atoms with Crippen LogP contribution in [0.5, 0.6) is 0 Å². The van der Waals surface area contributed by atoms with Gasteiger partial charge in [0.25, 0.3) is 0 Å². The molecule has 0 aromatic heterocycles. The largest absolute Gasteiger partial charge is 0.394 e. The van der Waals surface area contributed by atoms with Crippen LogP contribution in [0.25, 0.3) is 0 Å². The van der Waals surface area contributed by atoms with E-state index in [0.717, 1.165) is 19.3 Å². The second-order valence-electron chi connectivity index (χ2n) is 25.1. The first kappa shape index (κ1) is 85.8. The molecule has 6 heterocycles. The van der Waals surface area contributed by atoms with Gasteiger partial charge in [0.1, 0.15) is 164 Å². The molecule has 0 bridgehead atoms. The first-order valence-corrected chi connectivity index (χ1v) is 33.5. The number of nitrogens with one attached hydrogen (secondary N) is 1. The number of amides is 1. The molecule has 37 nitrogen and oxygen atoms in total. The number of carbonyl (C=O) groups excluding carboxylic acids is 4. The van der Waals surface area contributed by atoms with Crippen LogP contribution >= 0.6 is 0 Å². The Balaban J connectivity index is 0.000000354. The Kier molecular flexibility index (Phi) is 38.1. The summed E-state index contributed by atoms with van der Waals surface area (Å²) in [4.78, 5) is 47.9. The predicted molar refractivity (Wildman–Crippen MR) is 323 cm³/mol. The van der Waals surface area contributed by atoms with Gasteiger partial charge in [-0.2, -0.15) is 0 Å². The minimum absolute atomic E-state index is 0.0151. The van der Waals surface area contributed by atoms with Gasteiger partial charge in [0.05, 0.1) is 52.9 Å². The van der Waals surface area contributed by atoms with Crippen molar-refractivity contribution in [3.8, 4) is 0 Å². The van der Waals surface area contributed by atoms with Crippen molar-refractivity contribution in [1.82, 2.24) is 5.32 Å². The monoisotopic (exact) mass is 1430 g/mol. The van der Waals surface area contributed by atoms with Gasteiger partial charge in [-0.25, -0.2) is 0 Å². The van der Waals surface area contributed by atoms with Gasteiger partial charge < -0.3 is 164 Å². The number of aliphatic hydroxyl groups excluding tert-OH is 20. The van der Waals surface area contributed by atoms with Gasteiger partial charge in [-0.05, 0) is 51.9 Å². The van der Waals surface area contributed by atoms with E-state index in [1.807, 2.05) is 13.8 Å². The Morgan fingerprint density at radius 2 is 0.592 bits per heavy atom. The quantitative estimate of drug-likeness (QED) is 0.0254. The lowest BCUT2D eigenvalue weighted by atomic mass is 9.96. The number of unbranched alkanes of at least 4 members (excludes halogenated alkanes) is 4. The summed E-state index contributed by atoms with van der Waals surface area (Å²) in [5.74, 6) is 0.138. The summed E-state index contributed by atoms with van der Waals surface area (Å²) in [5, 5.41) is 207. The highest BCUT2D eigenvalue weighted by Gasteiger charge is 2.55. The molecular weight excluding hydrogens is 1320 g/mol. The van der Waals surface area contributed by atoms with Crippen molar-refractivity contribution in [2.75, 3.05) is 59.4 Å². The van der Waals surface area contributed by atoms with Gasteiger partial charge in [0, 0.05) is 51.5 Å². The maximum absolute atomic E-state index is 12.4. The molecule has 6 fully saturated rings. The highest BCUT2D eigenvalue weighted by Crippen LogP contribution is 2.34. The number of ether oxygens (including phenoxy) is 12. The lowest BCUT2D eigenvalue weighted by Crippen LogP contribution is -2.65. The summed E-state index contributed by atoms with van der Waals surface area (Å²) < 4.78 is 66.6. The Labute approximate surface area is 565 Å². The smallest absolute Gasteiger partial charge is 0.219 e. The molecule has 6 saturated heterocycles. The molecular formula is C61H107NO36. The third-order valence-electron chi connectivity index (χ3n) is 17.5. The number of carbonyl (C=O) groups is 4. The van der Waals surface area contributed by atoms with Crippen LogP contribution in [0.3, 0.4) is 0 Å². The van der Waals surface area contributed by atoms with Crippen LogP contribution in [-0.4, -0.2) is 369 Å². The van der Waals surface area contributed by atoms with Crippen molar-refractivity contribution < 1.29 is 178 Å². The van der Waals surface area contributed by atoms with Gasteiger partial charge in [-0.15, -0.1) is 0 Å². The summed E-state index contributed by atoms with van der Waals surface area (Å²) >= 11 is 0. The topological polar surface area (TPSA) is 596 Å². The molecule has 0 spiro atoms. The van der Waals surface area contributed by atoms with Crippen molar-refractivity contribution >= 4 is 23.3 Å². The Hall–Kier alpha value is -2.80. The van der Waals surface area contributed by atoms with Crippen LogP contribution in [0.15, 0.2) is 0 Å². The van der Waals surface area contributed by atoms with Gasteiger partial charge in [-0.1, -0.05) is 19.8 Å². The molecule has 1 amide bonds. The summed E-state index contributed by atoms with van der Waals surface area (Å²) in [6, 6.07) is 0. The van der Waals surface area contributed by atoms with Gasteiger partial charge >= 0.3 is 0 Å². The summed E-state index contributed by atoms with van der Waals surface area (Å²) in [5.41, 5.74) is 0. The fourth-order valence-electron chi connectivity index (χ4n) is 11.6. The molecule has 6 aliphatic heterocycles. The van der Waals surface area contributed by atoms with Crippen molar-refractivity contribution in [2.24, 2.45) is 0 Å². The van der Waals surface area contributed by atoms with Crippen molar-refractivity contribution in [1.29, 1.82) is 0 Å². The Morgan fingerprint density at radius 1 is 0.306 bits per heavy atom. The van der Waals surface area contributed by atoms with Crippen molar-refractivity contribution in [3.63, 3.8) is 0 Å². The second kappa shape index (κ2) is 43.5. The van der Waals surface area contributed by atoms with Crippen LogP contribution in [0.1, 0.15) is 117 Å². The zero-order valence-corrected chi connectivity index (χ0v) is 55.0. The molecule has 0 aromatic rings. The molecule has 0 aromatic carbocycles. The predicted octanol–water partition coefficient (Wildman–Crippen LogP) is -8.99. The summed E-state index contributed by atoms with van der Waals surface area (Å²) in [6.45, 7) is 0.0300. The summed E-state index contributed by atoms with van der Waals surface area (Å²) in [6.07, 6.45) is -41.4. The number of rotatable bonds is 39. The van der Waals surface area contributed by atoms with E-state index in [2.05, 4.69) is 5.32 Å². The maximum Gasteiger partial charge on any atom is 0.219 e. The van der Waals surface area contributed by atoms with E-state index in [-0.39, 0.29) is 62.2 Å². The van der Waals surface area contributed by atoms with Crippen LogP contribution in [0.2, 0.25) is 0 Å². The molecule has 0 saturated carbocycles. The van der Waals surface area contributed by atoms with Crippen molar-refractivity contribution in [3.05, 3.63) is 0 Å². The van der Waals surface area contributed by atoms with Gasteiger partial charge in [0.2, 0.25) is 5.91 Å². The van der Waals surface area contributed by atoms with E-state index in [1.165, 1.54) is 0 Å². The van der Waals surface area contributed by atoms with Crippen molar-refractivity contribution in [2.45, 2.75) is 301 Å². The standard InChI is InChI=1S/C31H54O18.C30H53NO18/c1-2-7-15(34)8-4-3-5-9-16(35)10-6-11-44-30-27(43)28(49-31-26(42)24(40)21(37)18(13-33)47-31)22(38)19(48-30)14-45-29-25(41)23(39)20(36)17(12-32)46-29;1-2-31-18(35)9-5-3-4-7-14(34)8-6-10-44-29-26(43)27(49-30-25(42)23(40)20(37)16(12-33)47-30)21(38)17(48-29)13-45-28-24(41)22(39)19(36)15(11-32)46-28/h17-33,36-43H,2-14H2,1H3;15-17,19-30,32-33,36-43H,2-13H2,1H3,(H,31,35)/t17-,18-,19-,20-,21-,22-,23+,24+,25+,26+,27+,28+,29+,30-,31-;15-,16-,17-,19-,20-,21-,22+,23+,24+,25+,26+,27+,28+,29-,30-/m11/s1. The van der Waals surface area contributed by atoms with Crippen LogP contribution in [-0.2, 0) is 76.0 Å². The highest BCUT2D eigenvalue weighted by molar-refractivity contribution is 5.79. The van der Waals surface area contributed by atoms with E-state index in [4.69, 9.17) is 56.8 Å². The Bertz CT molecular complexity index is 2130. The third-order valence-corrected chi connectivity index (χ3v) is 17.5. The van der Waals surface area contributed by atoms with Gasteiger partial charge in [-0.3, -0.25) is 19.2 Å². The first-order valence-electron chi connectivity index (χ1n) is 33.5. The van der Waals surface area contributed by atoms with Gasteiger partial charge in [0.15, 0.2) is 37.7 Å². The molecule has 30 atom stereocenters. The molecule has 0 radical (unpaired) electrons. The maximum atomic E-state index is 12.4. The van der Waals surface area contributed by atoms with E-state index in [1.54, 1.807) is 0 Å². The molecule has 6 aliphatic rings. The highest BCUT2D eigenvalue weighted by atomic mass is 16.8. The first-order chi connectivity index (χ1) is 46.7. The zero-order valence-electron chi connectivity index (χ0n) is 55.0. The fourth-order valence-corrected chi connectivity index (χ4v) is 11.6. The molecule has 572 valence electrons. The van der Waals surface area contributed by atoms with E-state index >= 15 is 0 Å². The number of hydrogen-bond acceptors (Lipinski definition) is 36. The fraction of sp³-hybridized carbons (Fsp3) is 0.934. The average Bonchev–Trinajstić information content (AvgIpc) is 0.797. The number of hydrogen-bond donors (Lipinski definition) is 21. The normalized spacial score (nSPS) is 39.9. The number of aliphatic hydroxyl groups is 20. The Morgan fingerprint density at radius 3 is 0.918 bits per heavy atom. The zero-order chi connectivity index (χ0) is 72.5. The number of ketones is 3.